The van der Waals surface area contributed by atoms with E-state index in [1.54, 1.807) is 47.4 Å². The van der Waals surface area contributed by atoms with Crippen molar-refractivity contribution >= 4 is 23.0 Å². The normalized spacial score (nSPS) is 17.8. The average molecular weight is 449 g/mol. The number of carbonyl (C=O) groups is 1. The van der Waals surface area contributed by atoms with Crippen molar-refractivity contribution in [2.75, 3.05) is 0 Å². The Labute approximate surface area is 187 Å². The number of halogens is 1. The zero-order valence-electron chi connectivity index (χ0n) is 16.8. The topological polar surface area (TPSA) is 91.8 Å². The van der Waals surface area contributed by atoms with Gasteiger partial charge in [-0.3, -0.25) is 4.79 Å². The first-order valence-corrected chi connectivity index (χ1v) is 10.6. The first-order chi connectivity index (χ1) is 15.7. The van der Waals surface area contributed by atoms with E-state index in [1.807, 2.05) is 6.07 Å². The van der Waals surface area contributed by atoms with Crippen LogP contribution in [-0.2, 0) is 11.4 Å². The van der Waals surface area contributed by atoms with Crippen LogP contribution < -0.4 is 9.47 Å². The molecule has 2 aliphatic rings. The van der Waals surface area contributed by atoms with Crippen LogP contribution in [0.25, 0.3) is 5.65 Å². The third kappa shape index (κ3) is 3.15. The Morgan fingerprint density at radius 3 is 2.88 bits per heavy atom. The number of carbonyl (C=O) groups excluding carboxylic acids is 1. The number of aromatic nitrogens is 4. The third-order valence-corrected chi connectivity index (χ3v) is 5.90. The first-order valence-electron chi connectivity index (χ1n) is 10.3. The third-order valence-electron chi connectivity index (χ3n) is 5.65. The molecular weight excluding hydrogens is 432 g/mol. The van der Waals surface area contributed by atoms with Crippen LogP contribution in [0.1, 0.15) is 42.3 Å². The van der Waals surface area contributed by atoms with Crippen LogP contribution in [0.15, 0.2) is 64.7 Å². The fourth-order valence-corrected chi connectivity index (χ4v) is 4.37. The second-order valence-corrected chi connectivity index (χ2v) is 8.10. The lowest BCUT2D eigenvalue weighted by atomic mass is 9.80. The fraction of sp³-hybridized carbons (Fsp3) is 0.217. The number of fused-ring (bicyclic) bond motifs is 3. The second-order valence-electron chi connectivity index (χ2n) is 7.67. The van der Waals surface area contributed by atoms with E-state index in [9.17, 15) is 4.79 Å². The molecule has 4 heterocycles. The van der Waals surface area contributed by atoms with E-state index in [1.165, 1.54) is 0 Å². The molecule has 0 bridgehead atoms. The molecule has 8 nitrogen and oxygen atoms in total. The molecular formula is C23H17ClN4O4. The van der Waals surface area contributed by atoms with Crippen molar-refractivity contribution in [3.05, 3.63) is 82.5 Å². The Hall–Kier alpha value is -3.65. The van der Waals surface area contributed by atoms with Gasteiger partial charge in [-0.2, -0.15) is 0 Å². The number of allylic oxidation sites excluding steroid dienone is 2. The van der Waals surface area contributed by atoms with Crippen LogP contribution in [0.2, 0.25) is 5.02 Å². The van der Waals surface area contributed by atoms with E-state index >= 15 is 0 Å². The number of hydrogen-bond acceptors (Lipinski definition) is 7. The molecule has 0 N–H and O–H groups in total. The van der Waals surface area contributed by atoms with Gasteiger partial charge in [-0.15, -0.1) is 5.10 Å². The highest BCUT2D eigenvalue weighted by molar-refractivity contribution is 6.30. The lowest BCUT2D eigenvalue weighted by Crippen LogP contribution is -2.26. The summed E-state index contributed by atoms with van der Waals surface area (Å²) in [4.78, 5) is 22.0. The molecule has 1 aliphatic heterocycles. The summed E-state index contributed by atoms with van der Waals surface area (Å²) in [6.07, 6.45) is 5.09. The molecule has 0 fully saturated rings. The van der Waals surface area contributed by atoms with Crippen molar-refractivity contribution in [3.63, 3.8) is 0 Å². The fourth-order valence-electron chi connectivity index (χ4n) is 4.24. The Morgan fingerprint density at radius 2 is 2.06 bits per heavy atom. The summed E-state index contributed by atoms with van der Waals surface area (Å²) >= 11 is 5.93. The van der Waals surface area contributed by atoms with Crippen LogP contribution in [-0.4, -0.2) is 25.4 Å². The van der Waals surface area contributed by atoms with E-state index < -0.39 is 5.92 Å². The highest BCUT2D eigenvalue weighted by Gasteiger charge is 2.40. The number of nitrogens with zero attached hydrogens (tertiary/aromatic N) is 4. The van der Waals surface area contributed by atoms with Gasteiger partial charge in [-0.25, -0.2) is 14.5 Å². The number of hydrogen-bond donors (Lipinski definition) is 0. The Morgan fingerprint density at radius 1 is 1.19 bits per heavy atom. The average Bonchev–Trinajstić information content (AvgIpc) is 3.47. The van der Waals surface area contributed by atoms with Gasteiger partial charge in [0, 0.05) is 23.4 Å². The summed E-state index contributed by atoms with van der Waals surface area (Å²) < 4.78 is 19.2. The van der Waals surface area contributed by atoms with E-state index in [-0.39, 0.29) is 12.4 Å². The molecule has 0 radical (unpaired) electrons. The molecule has 0 saturated carbocycles. The number of benzene rings is 1. The number of ether oxygens (including phenoxy) is 2. The van der Waals surface area contributed by atoms with Gasteiger partial charge >= 0.3 is 0 Å². The van der Waals surface area contributed by atoms with Gasteiger partial charge < -0.3 is 13.9 Å². The highest BCUT2D eigenvalue weighted by Crippen LogP contribution is 2.47. The van der Waals surface area contributed by atoms with E-state index in [0.717, 1.165) is 6.42 Å². The molecule has 0 spiro atoms. The molecule has 32 heavy (non-hydrogen) atoms. The van der Waals surface area contributed by atoms with Crippen LogP contribution in [0, 0.1) is 0 Å². The number of ketones is 1. The second kappa shape index (κ2) is 7.49. The summed E-state index contributed by atoms with van der Waals surface area (Å²) in [5.41, 5.74) is 1.84. The molecule has 1 aromatic carbocycles. The lowest BCUT2D eigenvalue weighted by molar-refractivity contribution is -0.116. The molecule has 0 saturated heterocycles. The van der Waals surface area contributed by atoms with E-state index in [0.29, 0.717) is 63.6 Å². The minimum absolute atomic E-state index is 0.0612. The summed E-state index contributed by atoms with van der Waals surface area (Å²) in [7, 11) is 0. The maximum atomic E-state index is 12.9. The molecule has 160 valence electrons. The Balaban J connectivity index is 1.43. The smallest absolute Gasteiger partial charge is 0.228 e. The molecule has 9 heteroatoms. The van der Waals surface area contributed by atoms with Crippen LogP contribution in [0.3, 0.4) is 0 Å². The maximum absolute atomic E-state index is 12.9. The maximum Gasteiger partial charge on any atom is 0.228 e. The van der Waals surface area contributed by atoms with Crippen molar-refractivity contribution in [1.29, 1.82) is 0 Å². The highest BCUT2D eigenvalue weighted by atomic mass is 35.5. The molecule has 0 amide bonds. The molecule has 1 atom stereocenters. The lowest BCUT2D eigenvalue weighted by Gasteiger charge is -2.30. The monoisotopic (exact) mass is 448 g/mol. The molecule has 1 unspecified atom stereocenters. The molecule has 3 aromatic heterocycles. The quantitative estimate of drug-likeness (QED) is 0.454. The molecule has 6 rings (SSSR count). The Bertz CT molecular complexity index is 1360. The van der Waals surface area contributed by atoms with Crippen molar-refractivity contribution in [2.45, 2.75) is 31.8 Å². The predicted molar refractivity (Wildman–Crippen MR) is 114 cm³/mol. The summed E-state index contributed by atoms with van der Waals surface area (Å²) in [6, 6.07) is 10.7. The van der Waals surface area contributed by atoms with Crippen molar-refractivity contribution in [1.82, 2.24) is 19.6 Å². The standard InChI is InChI=1S/C23H17ClN4O4/c24-13-6-8-14(9-7-13)31-11-18-26-22-21-20(16-5-2-10-30-16)19-15(29)3-1-4-17(19)32-23(21)25-12-28(22)27-18/h2,5-10,12,20H,1,3-4,11H2. The van der Waals surface area contributed by atoms with Crippen molar-refractivity contribution in [2.24, 2.45) is 0 Å². The van der Waals surface area contributed by atoms with Gasteiger partial charge in [0.2, 0.25) is 5.88 Å². The van der Waals surface area contributed by atoms with Crippen molar-refractivity contribution in [3.8, 4) is 11.6 Å². The van der Waals surface area contributed by atoms with Crippen LogP contribution in [0.5, 0.6) is 11.6 Å². The largest absolute Gasteiger partial charge is 0.486 e. The van der Waals surface area contributed by atoms with Gasteiger partial charge in [0.1, 0.15) is 30.2 Å². The predicted octanol–water partition coefficient (Wildman–Crippen LogP) is 4.48. The Kier molecular flexibility index (Phi) is 4.46. The minimum Gasteiger partial charge on any atom is -0.486 e. The summed E-state index contributed by atoms with van der Waals surface area (Å²) in [5, 5.41) is 5.13. The first kappa shape index (κ1) is 19.1. The van der Waals surface area contributed by atoms with E-state index in [4.69, 9.17) is 25.5 Å². The van der Waals surface area contributed by atoms with Gasteiger partial charge in [0.05, 0.1) is 17.7 Å². The summed E-state index contributed by atoms with van der Waals surface area (Å²) in [6.45, 7) is 0.164. The van der Waals surface area contributed by atoms with Crippen molar-refractivity contribution < 1.29 is 18.7 Å². The molecule has 1 aliphatic carbocycles. The minimum atomic E-state index is -0.443. The zero-order chi connectivity index (χ0) is 21.7. The molecule has 4 aromatic rings. The van der Waals surface area contributed by atoms with Crippen LogP contribution in [0.4, 0.5) is 0 Å². The van der Waals surface area contributed by atoms with Gasteiger partial charge in [0.25, 0.3) is 0 Å². The summed E-state index contributed by atoms with van der Waals surface area (Å²) in [5.74, 6) is 2.49. The zero-order valence-corrected chi connectivity index (χ0v) is 17.6. The number of furan rings is 1. The van der Waals surface area contributed by atoms with E-state index in [2.05, 4.69) is 15.1 Å². The van der Waals surface area contributed by atoms with Crippen LogP contribution >= 0.6 is 11.6 Å². The number of rotatable bonds is 4. The van der Waals surface area contributed by atoms with Gasteiger partial charge in [-0.05, 0) is 42.8 Å². The van der Waals surface area contributed by atoms with Gasteiger partial charge in [0.15, 0.2) is 17.3 Å². The van der Waals surface area contributed by atoms with Gasteiger partial charge in [-0.1, -0.05) is 11.6 Å². The number of Topliss-reactive ketones (excluding diaryl/α,β-unsaturated/α-hetero) is 1. The SMILES string of the molecule is O=C1CCCC2=C1C(c1ccco1)c1c(ncn3nc(COc4ccc(Cl)cc4)nc13)O2.